The molecule has 2 aromatic rings. The van der Waals surface area contributed by atoms with E-state index in [1.54, 1.807) is 4.57 Å². The Bertz CT molecular complexity index is 434. The Kier molecular flexibility index (Phi) is 2.54. The van der Waals surface area contributed by atoms with Gasteiger partial charge in [0.1, 0.15) is 6.04 Å². The minimum Gasteiger partial charge on any atom is -0.368 e. The fourth-order valence-electron chi connectivity index (χ4n) is 1.64. The zero-order valence-corrected chi connectivity index (χ0v) is 8.21. The summed E-state index contributed by atoms with van der Waals surface area (Å²) in [6.45, 7) is 0. The maximum absolute atomic E-state index is 11.4. The molecule has 3 heteroatoms. The largest absolute Gasteiger partial charge is 0.368 e. The van der Waals surface area contributed by atoms with Gasteiger partial charge in [0, 0.05) is 12.4 Å². The molecule has 1 amide bonds. The molecule has 0 aliphatic heterocycles. The number of carbonyl (C=O) groups excluding carboxylic acids is 1. The lowest BCUT2D eigenvalue weighted by Gasteiger charge is -2.15. The topological polar surface area (TPSA) is 48.0 Å². The number of hydrogen-bond acceptors (Lipinski definition) is 1. The van der Waals surface area contributed by atoms with Gasteiger partial charge in [-0.15, -0.1) is 0 Å². The molecular weight excluding hydrogens is 188 g/mol. The van der Waals surface area contributed by atoms with Crippen molar-refractivity contribution >= 4 is 5.91 Å². The molecule has 0 spiro atoms. The van der Waals surface area contributed by atoms with Gasteiger partial charge in [0.2, 0.25) is 5.91 Å². The van der Waals surface area contributed by atoms with Crippen molar-refractivity contribution in [3.05, 3.63) is 60.4 Å². The summed E-state index contributed by atoms with van der Waals surface area (Å²) < 4.78 is 1.80. The van der Waals surface area contributed by atoms with E-state index >= 15 is 0 Å². The molecule has 0 aliphatic rings. The molecular formula is C12H12N2O. The van der Waals surface area contributed by atoms with Crippen LogP contribution in [0.4, 0.5) is 0 Å². The molecule has 1 unspecified atom stereocenters. The van der Waals surface area contributed by atoms with Gasteiger partial charge in [0.15, 0.2) is 0 Å². The summed E-state index contributed by atoms with van der Waals surface area (Å²) in [6, 6.07) is 12.8. The second-order valence-electron chi connectivity index (χ2n) is 3.35. The molecule has 0 saturated heterocycles. The monoisotopic (exact) mass is 200 g/mol. The average molecular weight is 200 g/mol. The predicted molar refractivity (Wildman–Crippen MR) is 58.2 cm³/mol. The standard InChI is InChI=1S/C12H12N2O/c13-12(15)11(14-8-4-5-9-14)10-6-2-1-3-7-10/h1-9,11H,(H2,13,15). The number of benzene rings is 1. The summed E-state index contributed by atoms with van der Waals surface area (Å²) in [5.41, 5.74) is 6.30. The summed E-state index contributed by atoms with van der Waals surface area (Å²) in [4.78, 5) is 11.4. The van der Waals surface area contributed by atoms with Crippen LogP contribution in [-0.4, -0.2) is 10.5 Å². The molecule has 0 aliphatic carbocycles. The normalized spacial score (nSPS) is 12.3. The van der Waals surface area contributed by atoms with Crippen LogP contribution in [0.3, 0.4) is 0 Å². The van der Waals surface area contributed by atoms with E-state index in [-0.39, 0.29) is 5.91 Å². The van der Waals surface area contributed by atoms with Crippen LogP contribution in [0.5, 0.6) is 0 Å². The molecule has 0 fully saturated rings. The van der Waals surface area contributed by atoms with Gasteiger partial charge in [-0.1, -0.05) is 30.3 Å². The number of aromatic nitrogens is 1. The SMILES string of the molecule is NC(=O)C(c1ccccc1)n1cccc1. The molecule has 0 saturated carbocycles. The van der Waals surface area contributed by atoms with Crippen LogP contribution in [0.1, 0.15) is 11.6 Å². The van der Waals surface area contributed by atoms with Gasteiger partial charge < -0.3 is 10.3 Å². The number of nitrogens with two attached hydrogens (primary N) is 1. The summed E-state index contributed by atoms with van der Waals surface area (Å²) in [6.07, 6.45) is 3.67. The number of carbonyl (C=O) groups is 1. The molecule has 2 N–H and O–H groups in total. The highest BCUT2D eigenvalue weighted by atomic mass is 16.1. The van der Waals surface area contributed by atoms with Crippen molar-refractivity contribution in [1.29, 1.82) is 0 Å². The van der Waals surface area contributed by atoms with Crippen LogP contribution in [-0.2, 0) is 4.79 Å². The van der Waals surface area contributed by atoms with Crippen molar-refractivity contribution in [2.45, 2.75) is 6.04 Å². The summed E-state index contributed by atoms with van der Waals surface area (Å²) in [5, 5.41) is 0. The summed E-state index contributed by atoms with van der Waals surface area (Å²) in [7, 11) is 0. The number of nitrogens with zero attached hydrogens (tertiary/aromatic N) is 1. The van der Waals surface area contributed by atoms with Crippen LogP contribution < -0.4 is 5.73 Å². The van der Waals surface area contributed by atoms with Crippen LogP contribution in [0.25, 0.3) is 0 Å². The minimum atomic E-state index is -0.416. The van der Waals surface area contributed by atoms with Crippen LogP contribution in [0.2, 0.25) is 0 Å². The summed E-state index contributed by atoms with van der Waals surface area (Å²) >= 11 is 0. The first-order valence-corrected chi connectivity index (χ1v) is 4.76. The van der Waals surface area contributed by atoms with Gasteiger partial charge >= 0.3 is 0 Å². The third-order valence-corrected chi connectivity index (χ3v) is 2.31. The van der Waals surface area contributed by atoms with E-state index in [1.807, 2.05) is 54.9 Å². The van der Waals surface area contributed by atoms with Crippen LogP contribution >= 0.6 is 0 Å². The minimum absolute atomic E-state index is 0.350. The predicted octanol–water partition coefficient (Wildman–Crippen LogP) is 1.56. The third kappa shape index (κ3) is 1.91. The molecule has 0 bridgehead atoms. The highest BCUT2D eigenvalue weighted by Crippen LogP contribution is 2.17. The zero-order valence-electron chi connectivity index (χ0n) is 8.21. The van der Waals surface area contributed by atoms with E-state index < -0.39 is 6.04 Å². The lowest BCUT2D eigenvalue weighted by Crippen LogP contribution is -2.26. The smallest absolute Gasteiger partial charge is 0.245 e. The highest BCUT2D eigenvalue weighted by molar-refractivity contribution is 5.81. The lowest BCUT2D eigenvalue weighted by molar-refractivity contribution is -0.120. The Labute approximate surface area is 88.1 Å². The number of primary amides is 1. The highest BCUT2D eigenvalue weighted by Gasteiger charge is 2.17. The van der Waals surface area contributed by atoms with E-state index in [2.05, 4.69) is 0 Å². The fourth-order valence-corrected chi connectivity index (χ4v) is 1.64. The molecule has 1 heterocycles. The number of amides is 1. The van der Waals surface area contributed by atoms with Crippen molar-refractivity contribution in [3.63, 3.8) is 0 Å². The third-order valence-electron chi connectivity index (χ3n) is 2.31. The number of rotatable bonds is 3. The molecule has 2 rings (SSSR count). The second kappa shape index (κ2) is 4.00. The Morgan fingerprint density at radius 1 is 1.07 bits per heavy atom. The average Bonchev–Trinajstić information content (AvgIpc) is 2.72. The molecule has 1 atom stereocenters. The second-order valence-corrected chi connectivity index (χ2v) is 3.35. The van der Waals surface area contributed by atoms with Crippen molar-refractivity contribution in [2.24, 2.45) is 5.73 Å². The first kappa shape index (κ1) is 9.52. The Morgan fingerprint density at radius 2 is 1.67 bits per heavy atom. The fraction of sp³-hybridized carbons (Fsp3) is 0.0833. The maximum atomic E-state index is 11.4. The van der Waals surface area contributed by atoms with E-state index in [0.29, 0.717) is 0 Å². The summed E-state index contributed by atoms with van der Waals surface area (Å²) in [5.74, 6) is -0.350. The maximum Gasteiger partial charge on any atom is 0.245 e. The molecule has 1 aromatic heterocycles. The van der Waals surface area contributed by atoms with Crippen LogP contribution in [0.15, 0.2) is 54.9 Å². The van der Waals surface area contributed by atoms with Crippen LogP contribution in [0, 0.1) is 0 Å². The van der Waals surface area contributed by atoms with Gasteiger partial charge in [0.25, 0.3) is 0 Å². The number of hydrogen-bond donors (Lipinski definition) is 1. The molecule has 76 valence electrons. The Hall–Kier alpha value is -2.03. The van der Waals surface area contributed by atoms with Gasteiger partial charge in [-0.2, -0.15) is 0 Å². The molecule has 3 nitrogen and oxygen atoms in total. The van der Waals surface area contributed by atoms with Crippen molar-refractivity contribution in [2.75, 3.05) is 0 Å². The van der Waals surface area contributed by atoms with E-state index in [0.717, 1.165) is 5.56 Å². The van der Waals surface area contributed by atoms with Crippen molar-refractivity contribution in [3.8, 4) is 0 Å². The molecule has 0 radical (unpaired) electrons. The Morgan fingerprint density at radius 3 is 2.20 bits per heavy atom. The van der Waals surface area contributed by atoms with Gasteiger partial charge in [-0.25, -0.2) is 0 Å². The lowest BCUT2D eigenvalue weighted by atomic mass is 10.1. The quantitative estimate of drug-likeness (QED) is 0.803. The first-order chi connectivity index (χ1) is 7.29. The molecule has 15 heavy (non-hydrogen) atoms. The zero-order chi connectivity index (χ0) is 10.7. The van der Waals surface area contributed by atoms with Gasteiger partial charge in [-0.05, 0) is 17.7 Å². The van der Waals surface area contributed by atoms with Crippen molar-refractivity contribution < 1.29 is 4.79 Å². The van der Waals surface area contributed by atoms with E-state index in [9.17, 15) is 4.79 Å². The van der Waals surface area contributed by atoms with Gasteiger partial charge in [0.05, 0.1) is 0 Å². The van der Waals surface area contributed by atoms with E-state index in [4.69, 9.17) is 5.73 Å². The molecule has 1 aromatic carbocycles. The van der Waals surface area contributed by atoms with Gasteiger partial charge in [-0.3, -0.25) is 4.79 Å². The van der Waals surface area contributed by atoms with E-state index in [1.165, 1.54) is 0 Å². The first-order valence-electron chi connectivity index (χ1n) is 4.76. The Balaban J connectivity index is 2.42. The van der Waals surface area contributed by atoms with Crippen molar-refractivity contribution in [1.82, 2.24) is 4.57 Å².